The summed E-state index contributed by atoms with van der Waals surface area (Å²) in [4.78, 5) is 12.3. The van der Waals surface area contributed by atoms with Crippen LogP contribution in [0.1, 0.15) is 5.56 Å². The summed E-state index contributed by atoms with van der Waals surface area (Å²) in [6, 6.07) is 12.1. The number of ether oxygens (including phenoxy) is 1. The van der Waals surface area contributed by atoms with Crippen LogP contribution in [0.3, 0.4) is 0 Å². The number of methoxy groups -OCH3 is 1. The second-order valence-corrected chi connectivity index (χ2v) is 6.37. The Morgan fingerprint density at radius 2 is 2.00 bits per heavy atom. The SMILES string of the molecule is COc1cc(/C=C(\C#N)C(=O)Nc2ccccc2Br)cc(Br)c1O. The first kappa shape index (κ1) is 18.0. The van der Waals surface area contributed by atoms with Crippen molar-refractivity contribution in [1.29, 1.82) is 5.26 Å². The smallest absolute Gasteiger partial charge is 0.266 e. The molecular weight excluding hydrogens is 440 g/mol. The van der Waals surface area contributed by atoms with E-state index in [-0.39, 0.29) is 17.1 Å². The normalized spacial score (nSPS) is 10.8. The number of phenolic OH excluding ortho intramolecular Hbond substituents is 1. The third-order valence-electron chi connectivity index (χ3n) is 3.07. The second kappa shape index (κ2) is 7.99. The molecular formula is C17H12Br2N2O3. The fraction of sp³-hybridized carbons (Fsp3) is 0.0588. The Bertz CT molecular complexity index is 857. The first-order valence-electron chi connectivity index (χ1n) is 6.70. The van der Waals surface area contributed by atoms with E-state index in [9.17, 15) is 15.2 Å². The summed E-state index contributed by atoms with van der Waals surface area (Å²) in [5.74, 6) is -0.350. The minimum absolute atomic E-state index is 0.0502. The maximum atomic E-state index is 12.3. The third kappa shape index (κ3) is 4.16. The van der Waals surface area contributed by atoms with Crippen molar-refractivity contribution >= 4 is 49.5 Å². The van der Waals surface area contributed by atoms with Crippen LogP contribution >= 0.6 is 31.9 Å². The number of halogens is 2. The van der Waals surface area contributed by atoms with E-state index in [2.05, 4.69) is 37.2 Å². The van der Waals surface area contributed by atoms with Crippen LogP contribution in [0.15, 0.2) is 50.9 Å². The van der Waals surface area contributed by atoms with E-state index in [0.717, 1.165) is 0 Å². The van der Waals surface area contributed by atoms with E-state index in [1.165, 1.54) is 19.3 Å². The van der Waals surface area contributed by atoms with Crippen molar-refractivity contribution in [2.75, 3.05) is 12.4 Å². The van der Waals surface area contributed by atoms with Gasteiger partial charge in [0, 0.05) is 4.47 Å². The van der Waals surface area contributed by atoms with Crippen LogP contribution in [0.4, 0.5) is 5.69 Å². The Labute approximate surface area is 155 Å². The van der Waals surface area contributed by atoms with Gasteiger partial charge in [-0.25, -0.2) is 0 Å². The Balaban J connectivity index is 2.33. The maximum absolute atomic E-state index is 12.3. The van der Waals surface area contributed by atoms with Crippen molar-refractivity contribution in [3.05, 3.63) is 56.5 Å². The molecule has 0 saturated heterocycles. The van der Waals surface area contributed by atoms with Crippen LogP contribution in [-0.2, 0) is 4.79 Å². The van der Waals surface area contributed by atoms with Gasteiger partial charge in [-0.2, -0.15) is 5.26 Å². The molecule has 2 aromatic carbocycles. The summed E-state index contributed by atoms with van der Waals surface area (Å²) in [6.07, 6.45) is 1.42. The zero-order valence-electron chi connectivity index (χ0n) is 12.5. The topological polar surface area (TPSA) is 82.3 Å². The highest BCUT2D eigenvalue weighted by atomic mass is 79.9. The molecule has 1 amide bonds. The second-order valence-electron chi connectivity index (χ2n) is 4.66. The Hall–Kier alpha value is -2.30. The average molecular weight is 452 g/mol. The number of para-hydroxylation sites is 1. The molecule has 0 aromatic heterocycles. The number of rotatable bonds is 4. The lowest BCUT2D eigenvalue weighted by Gasteiger charge is -2.08. The van der Waals surface area contributed by atoms with E-state index < -0.39 is 5.91 Å². The van der Waals surface area contributed by atoms with Crippen LogP contribution in [0.25, 0.3) is 6.08 Å². The molecule has 0 aliphatic carbocycles. The molecule has 7 heteroatoms. The number of amides is 1. The Morgan fingerprint density at radius 1 is 1.29 bits per heavy atom. The highest BCUT2D eigenvalue weighted by Crippen LogP contribution is 2.35. The summed E-state index contributed by atoms with van der Waals surface area (Å²) < 4.78 is 6.17. The van der Waals surface area contributed by atoms with Gasteiger partial charge in [0.15, 0.2) is 11.5 Å². The predicted molar refractivity (Wildman–Crippen MR) is 98.7 cm³/mol. The molecule has 5 nitrogen and oxygen atoms in total. The van der Waals surface area contributed by atoms with Gasteiger partial charge >= 0.3 is 0 Å². The number of nitriles is 1. The van der Waals surface area contributed by atoms with E-state index in [1.54, 1.807) is 24.3 Å². The number of carbonyl (C=O) groups is 1. The minimum atomic E-state index is -0.535. The van der Waals surface area contributed by atoms with Crippen molar-refractivity contribution in [2.24, 2.45) is 0 Å². The van der Waals surface area contributed by atoms with Crippen molar-refractivity contribution in [3.63, 3.8) is 0 Å². The molecule has 2 N–H and O–H groups in total. The summed E-state index contributed by atoms with van der Waals surface area (Å²) in [6.45, 7) is 0. The molecule has 24 heavy (non-hydrogen) atoms. The van der Waals surface area contributed by atoms with Crippen molar-refractivity contribution in [3.8, 4) is 17.6 Å². The summed E-state index contributed by atoms with van der Waals surface area (Å²) in [7, 11) is 1.42. The lowest BCUT2D eigenvalue weighted by molar-refractivity contribution is -0.112. The van der Waals surface area contributed by atoms with Crippen LogP contribution in [-0.4, -0.2) is 18.1 Å². The predicted octanol–water partition coefficient (Wildman–Crippen LogP) is 4.47. The van der Waals surface area contributed by atoms with Gasteiger partial charge in [0.25, 0.3) is 5.91 Å². The first-order chi connectivity index (χ1) is 11.5. The molecule has 0 heterocycles. The van der Waals surface area contributed by atoms with Gasteiger partial charge in [-0.05, 0) is 67.8 Å². The minimum Gasteiger partial charge on any atom is -0.503 e. The zero-order chi connectivity index (χ0) is 17.7. The number of hydrogen-bond donors (Lipinski definition) is 2. The van der Waals surface area contributed by atoms with E-state index in [0.29, 0.717) is 20.2 Å². The van der Waals surface area contributed by atoms with Crippen molar-refractivity contribution < 1.29 is 14.6 Å². The number of hydrogen-bond acceptors (Lipinski definition) is 4. The fourth-order valence-electron chi connectivity index (χ4n) is 1.90. The molecule has 2 aromatic rings. The number of aromatic hydroxyl groups is 1. The van der Waals surface area contributed by atoms with Gasteiger partial charge < -0.3 is 15.2 Å². The monoisotopic (exact) mass is 450 g/mol. The molecule has 0 spiro atoms. The maximum Gasteiger partial charge on any atom is 0.266 e. The number of nitrogens with zero attached hydrogens (tertiary/aromatic N) is 1. The molecule has 0 atom stereocenters. The van der Waals surface area contributed by atoms with E-state index >= 15 is 0 Å². The molecule has 0 bridgehead atoms. The number of phenols is 1. The zero-order valence-corrected chi connectivity index (χ0v) is 15.7. The van der Waals surface area contributed by atoms with Gasteiger partial charge in [0.1, 0.15) is 11.6 Å². The van der Waals surface area contributed by atoms with Gasteiger partial charge in [-0.15, -0.1) is 0 Å². The van der Waals surface area contributed by atoms with Gasteiger partial charge in [0.2, 0.25) is 0 Å². The largest absolute Gasteiger partial charge is 0.503 e. The van der Waals surface area contributed by atoms with E-state index in [1.807, 2.05) is 12.1 Å². The fourth-order valence-corrected chi connectivity index (χ4v) is 2.74. The van der Waals surface area contributed by atoms with Gasteiger partial charge in [0.05, 0.1) is 17.3 Å². The number of anilines is 1. The third-order valence-corrected chi connectivity index (χ3v) is 4.36. The molecule has 0 saturated carbocycles. The average Bonchev–Trinajstić information content (AvgIpc) is 2.57. The van der Waals surface area contributed by atoms with Gasteiger partial charge in [-0.1, -0.05) is 12.1 Å². The van der Waals surface area contributed by atoms with Crippen LogP contribution in [0.5, 0.6) is 11.5 Å². The number of nitrogens with one attached hydrogen (secondary N) is 1. The van der Waals surface area contributed by atoms with Gasteiger partial charge in [-0.3, -0.25) is 4.79 Å². The molecule has 0 aliphatic rings. The van der Waals surface area contributed by atoms with Crippen LogP contribution < -0.4 is 10.1 Å². The number of carbonyl (C=O) groups excluding carboxylic acids is 1. The lowest BCUT2D eigenvalue weighted by Crippen LogP contribution is -2.13. The van der Waals surface area contributed by atoms with Crippen LogP contribution in [0, 0.1) is 11.3 Å². The van der Waals surface area contributed by atoms with Crippen LogP contribution in [0.2, 0.25) is 0 Å². The highest BCUT2D eigenvalue weighted by Gasteiger charge is 2.13. The Kier molecular flexibility index (Phi) is 6.01. The summed E-state index contributed by atoms with van der Waals surface area (Å²) >= 11 is 6.53. The molecule has 0 aliphatic heterocycles. The molecule has 2 rings (SSSR count). The van der Waals surface area contributed by atoms with E-state index in [4.69, 9.17) is 4.74 Å². The van der Waals surface area contributed by atoms with Crippen molar-refractivity contribution in [2.45, 2.75) is 0 Å². The quantitative estimate of drug-likeness (QED) is 0.530. The Morgan fingerprint density at radius 3 is 2.62 bits per heavy atom. The first-order valence-corrected chi connectivity index (χ1v) is 8.29. The molecule has 122 valence electrons. The summed E-state index contributed by atoms with van der Waals surface area (Å²) in [5, 5.41) is 21.7. The number of benzene rings is 2. The molecule has 0 radical (unpaired) electrons. The highest BCUT2D eigenvalue weighted by molar-refractivity contribution is 9.11. The molecule has 0 unspecified atom stereocenters. The molecule has 0 fully saturated rings. The lowest BCUT2D eigenvalue weighted by atomic mass is 10.1. The standard InChI is InChI=1S/C17H12Br2N2O3/c1-24-15-8-10(7-13(19)16(15)22)6-11(9-20)17(23)21-14-5-3-2-4-12(14)18/h2-8,22H,1H3,(H,21,23)/b11-6+. The van der Waals surface area contributed by atoms with Crippen molar-refractivity contribution in [1.82, 2.24) is 0 Å². The summed E-state index contributed by atoms with van der Waals surface area (Å²) in [5.41, 5.74) is 1.02.